The van der Waals surface area contributed by atoms with Gasteiger partial charge in [-0.1, -0.05) is 11.6 Å². The molecule has 0 fully saturated rings. The first-order valence-corrected chi connectivity index (χ1v) is 9.12. The fourth-order valence-electron chi connectivity index (χ4n) is 2.27. The number of benzene rings is 2. The summed E-state index contributed by atoms with van der Waals surface area (Å²) >= 11 is 5.78. The van der Waals surface area contributed by atoms with Gasteiger partial charge in [-0.3, -0.25) is 24.5 Å². The molecular weight excluding hydrogens is 412 g/mol. The second-order valence-electron chi connectivity index (χ2n) is 6.20. The number of amides is 3. The summed E-state index contributed by atoms with van der Waals surface area (Å²) in [7, 11) is 1.45. The number of carbonyl (C=O) groups is 3. The van der Waals surface area contributed by atoms with Crippen LogP contribution < -0.4 is 10.6 Å². The first-order chi connectivity index (χ1) is 14.2. The molecule has 0 saturated heterocycles. The molecule has 0 aliphatic carbocycles. The Morgan fingerprint density at radius 2 is 1.73 bits per heavy atom. The van der Waals surface area contributed by atoms with Crippen LogP contribution in [0.5, 0.6) is 0 Å². The monoisotopic (exact) mass is 430 g/mol. The van der Waals surface area contributed by atoms with E-state index in [-0.39, 0.29) is 18.8 Å². The lowest BCUT2D eigenvalue weighted by Crippen LogP contribution is -2.41. The van der Waals surface area contributed by atoms with Crippen molar-refractivity contribution in [3.8, 4) is 0 Å². The zero-order valence-electron chi connectivity index (χ0n) is 16.0. The topological polar surface area (TPSA) is 122 Å². The molecule has 156 valence electrons. The zero-order chi connectivity index (χ0) is 22.1. The number of non-ortho nitro benzene ring substituents is 1. The smallest absolute Gasteiger partial charge is 0.269 e. The molecule has 0 unspecified atom stereocenters. The summed E-state index contributed by atoms with van der Waals surface area (Å²) in [5.74, 6) is -1.35. The molecule has 0 aliphatic rings. The number of nitro groups is 1. The van der Waals surface area contributed by atoms with Gasteiger partial charge in [0.2, 0.25) is 17.7 Å². The Morgan fingerprint density at radius 3 is 2.33 bits per heavy atom. The van der Waals surface area contributed by atoms with Crippen LogP contribution in [-0.2, 0) is 14.4 Å². The first kappa shape index (κ1) is 22.6. The average Bonchev–Trinajstić information content (AvgIpc) is 2.72. The zero-order valence-corrected chi connectivity index (χ0v) is 16.8. The van der Waals surface area contributed by atoms with Crippen molar-refractivity contribution in [1.82, 2.24) is 10.2 Å². The van der Waals surface area contributed by atoms with Crippen LogP contribution in [-0.4, -0.2) is 47.7 Å². The van der Waals surface area contributed by atoms with Crippen molar-refractivity contribution in [2.24, 2.45) is 0 Å². The van der Waals surface area contributed by atoms with Gasteiger partial charge in [-0.05, 0) is 48.0 Å². The van der Waals surface area contributed by atoms with Crippen molar-refractivity contribution in [1.29, 1.82) is 0 Å². The molecule has 0 atom stereocenters. The molecule has 10 heteroatoms. The third-order valence-electron chi connectivity index (χ3n) is 3.88. The Kier molecular flexibility index (Phi) is 8.07. The Morgan fingerprint density at radius 1 is 1.10 bits per heavy atom. The molecule has 9 nitrogen and oxygen atoms in total. The number of carbonyl (C=O) groups excluding carboxylic acids is 3. The fraction of sp³-hybridized carbons (Fsp3) is 0.150. The molecule has 0 radical (unpaired) electrons. The maximum atomic E-state index is 12.1. The van der Waals surface area contributed by atoms with Crippen LogP contribution in [0.25, 0.3) is 6.08 Å². The SMILES string of the molecule is CN(CC(=O)Nc1ccc(Cl)cc1)C(=O)CNC(=O)C=Cc1ccc([N+](=O)[O-])cc1. The van der Waals surface area contributed by atoms with E-state index in [1.54, 1.807) is 24.3 Å². The highest BCUT2D eigenvalue weighted by Crippen LogP contribution is 2.13. The van der Waals surface area contributed by atoms with Crippen molar-refractivity contribution in [3.63, 3.8) is 0 Å². The molecule has 0 bridgehead atoms. The maximum Gasteiger partial charge on any atom is 0.269 e. The Hall–Kier alpha value is -3.72. The number of rotatable bonds is 8. The van der Waals surface area contributed by atoms with Crippen LogP contribution in [0.3, 0.4) is 0 Å². The molecule has 2 aromatic rings. The first-order valence-electron chi connectivity index (χ1n) is 8.74. The highest BCUT2D eigenvalue weighted by molar-refractivity contribution is 6.30. The maximum absolute atomic E-state index is 12.1. The highest BCUT2D eigenvalue weighted by Gasteiger charge is 2.13. The number of hydrogen-bond acceptors (Lipinski definition) is 5. The van der Waals surface area contributed by atoms with E-state index in [9.17, 15) is 24.5 Å². The predicted octanol–water partition coefficient (Wildman–Crippen LogP) is 2.47. The summed E-state index contributed by atoms with van der Waals surface area (Å²) in [6.07, 6.45) is 2.68. The lowest BCUT2D eigenvalue weighted by atomic mass is 10.2. The van der Waals surface area contributed by atoms with Crippen LogP contribution >= 0.6 is 11.6 Å². The van der Waals surface area contributed by atoms with E-state index >= 15 is 0 Å². The second-order valence-corrected chi connectivity index (χ2v) is 6.64. The minimum atomic E-state index is -0.516. The Labute approximate surface area is 177 Å². The molecule has 0 aromatic heterocycles. The van der Waals surface area contributed by atoms with Gasteiger partial charge >= 0.3 is 0 Å². The van der Waals surface area contributed by atoms with Gasteiger partial charge in [-0.2, -0.15) is 0 Å². The molecule has 0 saturated carbocycles. The van der Waals surface area contributed by atoms with Crippen molar-refractivity contribution >= 4 is 46.8 Å². The summed E-state index contributed by atoms with van der Waals surface area (Å²) in [6, 6.07) is 12.2. The van der Waals surface area contributed by atoms with Gasteiger partial charge in [0.05, 0.1) is 18.0 Å². The quantitative estimate of drug-likeness (QED) is 0.378. The van der Waals surface area contributed by atoms with Crippen molar-refractivity contribution in [3.05, 3.63) is 75.3 Å². The van der Waals surface area contributed by atoms with E-state index in [2.05, 4.69) is 10.6 Å². The van der Waals surface area contributed by atoms with E-state index in [1.807, 2.05) is 0 Å². The Bertz CT molecular complexity index is 958. The number of nitro benzene ring substituents is 1. The van der Waals surface area contributed by atoms with E-state index in [4.69, 9.17) is 11.6 Å². The van der Waals surface area contributed by atoms with Crippen LogP contribution in [0.15, 0.2) is 54.6 Å². The summed E-state index contributed by atoms with van der Waals surface area (Å²) in [4.78, 5) is 47.2. The molecule has 3 amide bonds. The largest absolute Gasteiger partial charge is 0.343 e. The second kappa shape index (κ2) is 10.7. The molecule has 0 heterocycles. The van der Waals surface area contributed by atoms with Gasteiger partial charge in [0.1, 0.15) is 0 Å². The minimum absolute atomic E-state index is 0.0506. The number of nitrogens with one attached hydrogen (secondary N) is 2. The third-order valence-corrected chi connectivity index (χ3v) is 4.13. The van der Waals surface area contributed by atoms with Crippen molar-refractivity contribution in [2.45, 2.75) is 0 Å². The van der Waals surface area contributed by atoms with Gasteiger partial charge in [0.15, 0.2) is 0 Å². The van der Waals surface area contributed by atoms with Gasteiger partial charge < -0.3 is 15.5 Å². The van der Waals surface area contributed by atoms with E-state index in [1.165, 1.54) is 48.4 Å². The predicted molar refractivity (Wildman–Crippen MR) is 113 cm³/mol. The van der Waals surface area contributed by atoms with Crippen LogP contribution in [0, 0.1) is 10.1 Å². The van der Waals surface area contributed by atoms with E-state index in [0.717, 1.165) is 0 Å². The van der Waals surface area contributed by atoms with Crippen molar-refractivity contribution in [2.75, 3.05) is 25.5 Å². The highest BCUT2D eigenvalue weighted by atomic mass is 35.5. The van der Waals surface area contributed by atoms with Gasteiger partial charge in [0, 0.05) is 36.0 Å². The molecule has 30 heavy (non-hydrogen) atoms. The van der Waals surface area contributed by atoms with E-state index in [0.29, 0.717) is 16.3 Å². The summed E-state index contributed by atoms with van der Waals surface area (Å²) in [5, 5.41) is 16.2. The molecule has 2 aromatic carbocycles. The van der Waals surface area contributed by atoms with Gasteiger partial charge in [0.25, 0.3) is 5.69 Å². The van der Waals surface area contributed by atoms with Crippen LogP contribution in [0.1, 0.15) is 5.56 Å². The number of anilines is 1. The average molecular weight is 431 g/mol. The summed E-state index contributed by atoms with van der Waals surface area (Å²) in [5.41, 5.74) is 1.10. The van der Waals surface area contributed by atoms with Gasteiger partial charge in [-0.25, -0.2) is 0 Å². The lowest BCUT2D eigenvalue weighted by molar-refractivity contribution is -0.384. The molecule has 0 aliphatic heterocycles. The number of nitrogens with zero attached hydrogens (tertiary/aromatic N) is 2. The van der Waals surface area contributed by atoms with Crippen LogP contribution in [0.2, 0.25) is 5.02 Å². The normalized spacial score (nSPS) is 10.5. The summed E-state index contributed by atoms with van der Waals surface area (Å²) < 4.78 is 0. The third kappa shape index (κ3) is 7.36. The van der Waals surface area contributed by atoms with Crippen LogP contribution in [0.4, 0.5) is 11.4 Å². The number of hydrogen-bond donors (Lipinski definition) is 2. The standard InChI is InChI=1S/C20H19ClN4O5/c1-24(13-19(27)23-16-7-5-15(21)6-8-16)20(28)12-22-18(26)11-4-14-2-9-17(10-3-14)25(29)30/h2-11H,12-13H2,1H3,(H,22,26)(H,23,27). The van der Waals surface area contributed by atoms with Gasteiger partial charge in [-0.15, -0.1) is 0 Å². The number of halogens is 1. The fourth-order valence-corrected chi connectivity index (χ4v) is 2.40. The Balaban J connectivity index is 1.76. The van der Waals surface area contributed by atoms with E-state index < -0.39 is 22.6 Å². The molecule has 2 N–H and O–H groups in total. The van der Waals surface area contributed by atoms with Crippen molar-refractivity contribution < 1.29 is 19.3 Å². The summed E-state index contributed by atoms with van der Waals surface area (Å²) in [6.45, 7) is -0.468. The molecular formula is C20H19ClN4O5. The molecule has 0 spiro atoms. The molecule has 2 rings (SSSR count). The number of likely N-dealkylation sites (N-methyl/N-ethyl adjacent to an activating group) is 1. The minimum Gasteiger partial charge on any atom is -0.343 e. The lowest BCUT2D eigenvalue weighted by Gasteiger charge is -2.17.